The molecule has 8 nitrogen and oxygen atoms in total. The molecule has 0 aromatic carbocycles. The smallest absolute Gasteiger partial charge is 0.310 e. The minimum absolute atomic E-state index is 0.247. The van der Waals surface area contributed by atoms with Gasteiger partial charge in [0.05, 0.1) is 19.1 Å². The van der Waals surface area contributed by atoms with Gasteiger partial charge < -0.3 is 35.0 Å². The highest BCUT2D eigenvalue weighted by atomic mass is 16.7. The van der Waals surface area contributed by atoms with E-state index in [1.807, 2.05) is 0 Å². The van der Waals surface area contributed by atoms with Gasteiger partial charge in [-0.15, -0.1) is 0 Å². The molecule has 0 amide bonds. The lowest BCUT2D eigenvalue weighted by molar-refractivity contribution is -0.293. The van der Waals surface area contributed by atoms with Crippen LogP contribution in [0.4, 0.5) is 0 Å². The third-order valence-electron chi connectivity index (χ3n) is 4.14. The second-order valence-corrected chi connectivity index (χ2v) is 6.25. The largest absolute Gasteiger partial charge is 0.433 e. The molecule has 0 radical (unpaired) electrons. The van der Waals surface area contributed by atoms with Gasteiger partial charge in [-0.25, -0.2) is 0 Å². The van der Waals surface area contributed by atoms with Crippen LogP contribution in [0.15, 0.2) is 0 Å². The third kappa shape index (κ3) is 6.62. The van der Waals surface area contributed by atoms with E-state index in [9.17, 15) is 25.2 Å². The molecule has 1 rings (SSSR count). The number of carbonyl (C=O) groups is 1. The first-order chi connectivity index (χ1) is 11.4. The van der Waals surface area contributed by atoms with Crippen LogP contribution in [0.3, 0.4) is 0 Å². The molecule has 0 bridgehead atoms. The Labute approximate surface area is 142 Å². The minimum atomic E-state index is -1.63. The maximum Gasteiger partial charge on any atom is 0.310 e. The fourth-order valence-corrected chi connectivity index (χ4v) is 2.62. The third-order valence-corrected chi connectivity index (χ3v) is 4.14. The van der Waals surface area contributed by atoms with Crippen LogP contribution < -0.4 is 0 Å². The van der Waals surface area contributed by atoms with Gasteiger partial charge in [0, 0.05) is 0 Å². The van der Waals surface area contributed by atoms with Crippen molar-refractivity contribution in [3.63, 3.8) is 0 Å². The number of aliphatic hydroxyl groups excluding tert-OH is 5. The Hall–Kier alpha value is -0.770. The van der Waals surface area contributed by atoms with Crippen molar-refractivity contribution in [1.82, 2.24) is 0 Å². The molecule has 1 unspecified atom stereocenters. The Morgan fingerprint density at radius 1 is 1.08 bits per heavy atom. The molecule has 5 N–H and O–H groups in total. The van der Waals surface area contributed by atoms with Crippen molar-refractivity contribution in [2.75, 3.05) is 6.61 Å². The van der Waals surface area contributed by atoms with E-state index in [0.29, 0.717) is 6.42 Å². The summed E-state index contributed by atoms with van der Waals surface area (Å²) in [6.45, 7) is 1.52. The van der Waals surface area contributed by atoms with Crippen LogP contribution in [-0.2, 0) is 14.3 Å². The topological polar surface area (TPSA) is 137 Å². The van der Waals surface area contributed by atoms with Crippen LogP contribution in [0.2, 0.25) is 0 Å². The van der Waals surface area contributed by atoms with Crippen LogP contribution in [0.1, 0.15) is 51.9 Å². The molecule has 1 aliphatic heterocycles. The van der Waals surface area contributed by atoms with E-state index in [0.717, 1.165) is 32.1 Å². The van der Waals surface area contributed by atoms with Gasteiger partial charge in [-0.05, 0) is 6.42 Å². The van der Waals surface area contributed by atoms with Crippen molar-refractivity contribution < 1.29 is 39.8 Å². The Morgan fingerprint density at radius 2 is 1.75 bits per heavy atom. The van der Waals surface area contributed by atoms with Crippen molar-refractivity contribution in [2.45, 2.75) is 88.7 Å². The highest BCUT2D eigenvalue weighted by Gasteiger charge is 2.45. The summed E-state index contributed by atoms with van der Waals surface area (Å²) in [6.07, 6.45) is -2.79. The summed E-state index contributed by atoms with van der Waals surface area (Å²) in [5, 5.41) is 47.9. The number of rotatable bonds is 10. The van der Waals surface area contributed by atoms with Gasteiger partial charge in [0.25, 0.3) is 0 Å². The summed E-state index contributed by atoms with van der Waals surface area (Å²) in [6, 6.07) is 0. The number of carbonyl (C=O) groups excluding carboxylic acids is 1. The number of aliphatic hydroxyl groups is 5. The van der Waals surface area contributed by atoms with Crippen molar-refractivity contribution >= 4 is 5.97 Å². The quantitative estimate of drug-likeness (QED) is 0.261. The molecule has 8 heteroatoms. The Balaban J connectivity index is 2.35. The number of hydrogen-bond donors (Lipinski definition) is 5. The van der Waals surface area contributed by atoms with Gasteiger partial charge in [0.2, 0.25) is 6.29 Å². The van der Waals surface area contributed by atoms with E-state index < -0.39 is 49.4 Å². The molecule has 1 saturated heterocycles. The molecule has 1 heterocycles. The highest BCUT2D eigenvalue weighted by molar-refractivity contribution is 5.70. The average molecular weight is 350 g/mol. The molecule has 142 valence electrons. The maximum atomic E-state index is 11.8. The van der Waals surface area contributed by atoms with E-state index in [-0.39, 0.29) is 6.42 Å². The molecule has 0 aliphatic carbocycles. The Bertz CT molecular complexity index is 362. The van der Waals surface area contributed by atoms with Gasteiger partial charge in [-0.2, -0.15) is 0 Å². The molecule has 0 spiro atoms. The average Bonchev–Trinajstić information content (AvgIpc) is 2.55. The van der Waals surface area contributed by atoms with Crippen LogP contribution in [0.25, 0.3) is 0 Å². The monoisotopic (exact) mass is 350 g/mol. The van der Waals surface area contributed by atoms with Gasteiger partial charge >= 0.3 is 5.97 Å². The predicted octanol–water partition coefficient (Wildman–Crippen LogP) is -0.559. The van der Waals surface area contributed by atoms with Crippen LogP contribution >= 0.6 is 0 Å². The molecular weight excluding hydrogens is 320 g/mol. The van der Waals surface area contributed by atoms with Crippen molar-refractivity contribution in [1.29, 1.82) is 0 Å². The summed E-state index contributed by atoms with van der Waals surface area (Å²) in [7, 11) is 0. The van der Waals surface area contributed by atoms with E-state index in [1.54, 1.807) is 0 Å². The van der Waals surface area contributed by atoms with E-state index in [4.69, 9.17) is 14.6 Å². The summed E-state index contributed by atoms with van der Waals surface area (Å²) >= 11 is 0. The predicted molar refractivity (Wildman–Crippen MR) is 83.9 cm³/mol. The van der Waals surface area contributed by atoms with Crippen molar-refractivity contribution in [3.05, 3.63) is 0 Å². The minimum Gasteiger partial charge on any atom is -0.433 e. The van der Waals surface area contributed by atoms with Crippen LogP contribution in [-0.4, -0.2) is 74.9 Å². The second kappa shape index (κ2) is 11.0. The zero-order valence-electron chi connectivity index (χ0n) is 14.1. The maximum absolute atomic E-state index is 11.8. The molecule has 0 saturated carbocycles. The molecule has 0 aromatic rings. The summed E-state index contributed by atoms with van der Waals surface area (Å²) in [4.78, 5) is 11.8. The first-order valence-corrected chi connectivity index (χ1v) is 8.58. The van der Waals surface area contributed by atoms with Gasteiger partial charge in [0.15, 0.2) is 0 Å². The Kier molecular flexibility index (Phi) is 9.72. The van der Waals surface area contributed by atoms with Crippen LogP contribution in [0, 0.1) is 0 Å². The fraction of sp³-hybridized carbons (Fsp3) is 0.938. The number of ether oxygens (including phenoxy) is 2. The zero-order valence-corrected chi connectivity index (χ0v) is 14.1. The van der Waals surface area contributed by atoms with E-state index >= 15 is 0 Å². The van der Waals surface area contributed by atoms with Crippen molar-refractivity contribution in [2.24, 2.45) is 0 Å². The lowest BCUT2D eigenvalue weighted by Crippen LogP contribution is -2.59. The normalized spacial score (nSPS) is 31.7. The van der Waals surface area contributed by atoms with E-state index in [1.165, 1.54) is 0 Å². The summed E-state index contributed by atoms with van der Waals surface area (Å²) in [5.74, 6) is -0.777. The molecule has 1 aliphatic rings. The van der Waals surface area contributed by atoms with Crippen molar-refractivity contribution in [3.8, 4) is 0 Å². The lowest BCUT2D eigenvalue weighted by atomic mass is 9.99. The molecule has 6 atom stereocenters. The lowest BCUT2D eigenvalue weighted by Gasteiger charge is -2.39. The SMILES string of the molecule is CCCCCCCC(O)CC(=O)O[C@H]1O[C@H](CO)[C@@H](O)[C@H](O)[C@H]1O. The number of esters is 1. The molecule has 24 heavy (non-hydrogen) atoms. The fourth-order valence-electron chi connectivity index (χ4n) is 2.62. The first kappa shape index (κ1) is 21.3. The standard InChI is InChI=1S/C16H30O8/c1-2-3-4-5-6-7-10(18)8-12(19)24-16-15(22)14(21)13(20)11(9-17)23-16/h10-11,13-18,20-22H,2-9H2,1H3/t10?,11-,13-,14+,15-,16-/m1/s1. The van der Waals surface area contributed by atoms with Gasteiger partial charge in [0.1, 0.15) is 24.4 Å². The number of hydrogen-bond acceptors (Lipinski definition) is 8. The van der Waals surface area contributed by atoms with E-state index in [2.05, 4.69) is 6.92 Å². The molecule has 1 fully saturated rings. The Morgan fingerprint density at radius 3 is 2.38 bits per heavy atom. The molecular formula is C16H30O8. The number of unbranched alkanes of at least 4 members (excludes halogenated alkanes) is 4. The summed E-state index contributed by atoms with van der Waals surface area (Å²) < 4.78 is 9.99. The van der Waals surface area contributed by atoms with Gasteiger partial charge in [-0.3, -0.25) is 4.79 Å². The first-order valence-electron chi connectivity index (χ1n) is 8.58. The zero-order chi connectivity index (χ0) is 18.1. The second-order valence-electron chi connectivity index (χ2n) is 6.25. The highest BCUT2D eigenvalue weighted by Crippen LogP contribution is 2.22. The van der Waals surface area contributed by atoms with Gasteiger partial charge in [-0.1, -0.05) is 39.0 Å². The molecule has 0 aromatic heterocycles. The summed E-state index contributed by atoms with van der Waals surface area (Å²) in [5.41, 5.74) is 0. The van der Waals surface area contributed by atoms with Crippen LogP contribution in [0.5, 0.6) is 0 Å².